The molecule has 1 fully saturated rings. The molecule has 1 atom stereocenters. The Hall–Kier alpha value is -4.26. The number of Topliss-reactive ketones (excluding diaryl/α,β-unsaturated/α-hetero) is 1. The van der Waals surface area contributed by atoms with Crippen molar-refractivity contribution in [2.75, 3.05) is 24.7 Å². The first-order valence-corrected chi connectivity index (χ1v) is 11.9. The van der Waals surface area contributed by atoms with Crippen molar-refractivity contribution in [3.05, 3.63) is 89.5 Å². The van der Waals surface area contributed by atoms with Crippen LogP contribution in [0.1, 0.15) is 31.0 Å². The van der Waals surface area contributed by atoms with Gasteiger partial charge < -0.3 is 19.3 Å². The summed E-state index contributed by atoms with van der Waals surface area (Å²) in [6.45, 7) is 5.45. The number of aliphatic hydroxyl groups is 1. The molecule has 2 aliphatic rings. The zero-order chi connectivity index (χ0) is 25.2. The van der Waals surface area contributed by atoms with E-state index in [1.54, 1.807) is 42.5 Å². The number of fused-ring (bicyclic) bond motifs is 1. The van der Waals surface area contributed by atoms with Gasteiger partial charge in [-0.1, -0.05) is 56.3 Å². The Morgan fingerprint density at radius 3 is 2.47 bits per heavy atom. The van der Waals surface area contributed by atoms with Gasteiger partial charge >= 0.3 is 0 Å². The van der Waals surface area contributed by atoms with Gasteiger partial charge in [-0.3, -0.25) is 14.5 Å². The number of amides is 1. The highest BCUT2D eigenvalue weighted by molar-refractivity contribution is 6.51. The Morgan fingerprint density at radius 2 is 1.72 bits per heavy atom. The summed E-state index contributed by atoms with van der Waals surface area (Å²) in [5.74, 6) is 0.247. The highest BCUT2D eigenvalue weighted by atomic mass is 16.6. The van der Waals surface area contributed by atoms with Crippen molar-refractivity contribution < 1.29 is 28.9 Å². The molecule has 1 amide bonds. The van der Waals surface area contributed by atoms with E-state index in [1.165, 1.54) is 4.90 Å². The second-order valence-corrected chi connectivity index (χ2v) is 9.14. The van der Waals surface area contributed by atoms with Crippen LogP contribution < -0.4 is 19.1 Å². The van der Waals surface area contributed by atoms with E-state index in [9.17, 15) is 14.7 Å². The number of carbonyl (C=O) groups is 2. The average Bonchev–Trinajstić information content (AvgIpc) is 3.17. The van der Waals surface area contributed by atoms with Gasteiger partial charge in [0.1, 0.15) is 24.7 Å². The molecule has 0 aromatic heterocycles. The number of aliphatic hydroxyl groups excluding tert-OH is 1. The number of hydrogen-bond donors (Lipinski definition) is 1. The molecule has 1 saturated heterocycles. The number of ketones is 1. The minimum atomic E-state index is -0.825. The van der Waals surface area contributed by atoms with Crippen molar-refractivity contribution in [2.24, 2.45) is 5.92 Å². The van der Waals surface area contributed by atoms with E-state index >= 15 is 0 Å². The van der Waals surface area contributed by atoms with Crippen LogP contribution in [-0.4, -0.2) is 36.6 Å². The molecule has 2 heterocycles. The highest BCUT2D eigenvalue weighted by Crippen LogP contribution is 2.44. The first-order valence-electron chi connectivity index (χ1n) is 11.9. The van der Waals surface area contributed by atoms with Crippen molar-refractivity contribution in [3.63, 3.8) is 0 Å². The molecule has 3 aromatic rings. The molecule has 0 aliphatic carbocycles. The maximum absolute atomic E-state index is 13.4. The van der Waals surface area contributed by atoms with Crippen LogP contribution in [0.5, 0.6) is 17.2 Å². The number of hydrogen-bond acceptors (Lipinski definition) is 6. The fourth-order valence-electron chi connectivity index (χ4n) is 4.38. The minimum Gasteiger partial charge on any atom is -0.507 e. The summed E-state index contributed by atoms with van der Waals surface area (Å²) in [7, 11) is 0. The van der Waals surface area contributed by atoms with Gasteiger partial charge in [-0.15, -0.1) is 0 Å². The summed E-state index contributed by atoms with van der Waals surface area (Å²) in [5, 5.41) is 11.4. The predicted octanol–water partition coefficient (Wildman–Crippen LogP) is 5.12. The molecule has 0 radical (unpaired) electrons. The number of ether oxygens (including phenoxy) is 3. The summed E-state index contributed by atoms with van der Waals surface area (Å²) in [6, 6.07) is 20.4. The third-order valence-electron chi connectivity index (χ3n) is 6.05. The van der Waals surface area contributed by atoms with Crippen LogP contribution in [0.4, 0.5) is 5.69 Å². The molecule has 0 spiro atoms. The molecule has 1 unspecified atom stereocenters. The van der Waals surface area contributed by atoms with E-state index in [4.69, 9.17) is 14.2 Å². The van der Waals surface area contributed by atoms with Crippen molar-refractivity contribution in [3.8, 4) is 17.2 Å². The molecule has 0 saturated carbocycles. The van der Waals surface area contributed by atoms with Gasteiger partial charge in [-0.05, 0) is 35.7 Å². The molecule has 7 nitrogen and oxygen atoms in total. The van der Waals surface area contributed by atoms with Gasteiger partial charge in [0.25, 0.3) is 11.7 Å². The quantitative estimate of drug-likeness (QED) is 0.296. The molecule has 1 N–H and O–H groups in total. The number of rotatable bonds is 6. The maximum Gasteiger partial charge on any atom is 0.300 e. The fourth-order valence-corrected chi connectivity index (χ4v) is 4.38. The lowest BCUT2D eigenvalue weighted by Crippen LogP contribution is -2.29. The summed E-state index contributed by atoms with van der Waals surface area (Å²) in [6.07, 6.45) is 0. The standard InChI is InChI=1S/C29H27NO6/c1-18(2)17-36-22-10-6-9-20(15-22)27(31)25-26(19-7-4-3-5-8-19)30(29(33)28(25)32)21-11-12-23-24(16-21)35-14-13-34-23/h3-12,15-16,18,26,31H,13-14,17H2,1-2H3/b27-25+. The summed E-state index contributed by atoms with van der Waals surface area (Å²) in [4.78, 5) is 28.2. The Morgan fingerprint density at radius 1 is 0.972 bits per heavy atom. The first kappa shape index (κ1) is 23.5. The van der Waals surface area contributed by atoms with Gasteiger partial charge in [0.05, 0.1) is 18.2 Å². The molecule has 184 valence electrons. The lowest BCUT2D eigenvalue weighted by Gasteiger charge is -2.27. The SMILES string of the molecule is CC(C)COc1cccc(/C(O)=C2\C(=O)C(=O)N(c3ccc4c(c3)OCCO4)C2c2ccccc2)c1. The van der Waals surface area contributed by atoms with Gasteiger partial charge in [0.2, 0.25) is 0 Å². The van der Waals surface area contributed by atoms with Crippen LogP contribution in [0.3, 0.4) is 0 Å². The van der Waals surface area contributed by atoms with Crippen LogP contribution in [0.25, 0.3) is 5.76 Å². The van der Waals surface area contributed by atoms with E-state index < -0.39 is 17.7 Å². The predicted molar refractivity (Wildman–Crippen MR) is 135 cm³/mol. The van der Waals surface area contributed by atoms with Gasteiger partial charge in [-0.25, -0.2) is 0 Å². The topological polar surface area (TPSA) is 85.3 Å². The van der Waals surface area contributed by atoms with E-state index in [1.807, 2.05) is 44.2 Å². The zero-order valence-electron chi connectivity index (χ0n) is 20.1. The summed E-state index contributed by atoms with van der Waals surface area (Å²) < 4.78 is 17.1. The summed E-state index contributed by atoms with van der Waals surface area (Å²) in [5.41, 5.74) is 1.59. The van der Waals surface area contributed by atoms with Crippen LogP contribution in [0.2, 0.25) is 0 Å². The van der Waals surface area contributed by atoms with Crippen LogP contribution in [0.15, 0.2) is 78.4 Å². The van der Waals surface area contributed by atoms with Crippen molar-refractivity contribution in [1.29, 1.82) is 0 Å². The lowest BCUT2D eigenvalue weighted by molar-refractivity contribution is -0.132. The Labute approximate surface area is 209 Å². The minimum absolute atomic E-state index is 0.0158. The van der Waals surface area contributed by atoms with E-state index in [0.29, 0.717) is 59.8 Å². The third-order valence-corrected chi connectivity index (χ3v) is 6.05. The van der Waals surface area contributed by atoms with Crippen molar-refractivity contribution in [2.45, 2.75) is 19.9 Å². The van der Waals surface area contributed by atoms with Crippen molar-refractivity contribution >= 4 is 23.1 Å². The number of benzene rings is 3. The monoisotopic (exact) mass is 485 g/mol. The lowest BCUT2D eigenvalue weighted by atomic mass is 9.95. The smallest absolute Gasteiger partial charge is 0.300 e. The van der Waals surface area contributed by atoms with E-state index in [-0.39, 0.29) is 11.3 Å². The maximum atomic E-state index is 13.4. The molecule has 2 aliphatic heterocycles. The number of anilines is 1. The second kappa shape index (κ2) is 9.77. The Balaban J connectivity index is 1.62. The van der Waals surface area contributed by atoms with Crippen molar-refractivity contribution in [1.82, 2.24) is 0 Å². The molecule has 0 bridgehead atoms. The molecule has 5 rings (SSSR count). The number of nitrogens with zero attached hydrogens (tertiary/aromatic N) is 1. The third kappa shape index (κ3) is 4.40. The number of carbonyl (C=O) groups excluding carboxylic acids is 2. The highest BCUT2D eigenvalue weighted by Gasteiger charge is 2.47. The van der Waals surface area contributed by atoms with Gasteiger partial charge in [-0.2, -0.15) is 0 Å². The molecular weight excluding hydrogens is 458 g/mol. The van der Waals surface area contributed by atoms with Gasteiger partial charge in [0.15, 0.2) is 11.5 Å². The van der Waals surface area contributed by atoms with E-state index in [0.717, 1.165) is 0 Å². The second-order valence-electron chi connectivity index (χ2n) is 9.14. The van der Waals surface area contributed by atoms with Gasteiger partial charge in [0, 0.05) is 17.3 Å². The van der Waals surface area contributed by atoms with Crippen LogP contribution in [-0.2, 0) is 9.59 Å². The molecule has 3 aromatic carbocycles. The molecule has 36 heavy (non-hydrogen) atoms. The molecular formula is C29H27NO6. The largest absolute Gasteiger partial charge is 0.507 e. The summed E-state index contributed by atoms with van der Waals surface area (Å²) >= 11 is 0. The molecule has 7 heteroatoms. The normalized spacial score (nSPS) is 18.5. The fraction of sp³-hybridized carbons (Fsp3) is 0.241. The first-order chi connectivity index (χ1) is 17.4. The Bertz CT molecular complexity index is 1330. The van der Waals surface area contributed by atoms with E-state index in [2.05, 4.69) is 0 Å². The average molecular weight is 486 g/mol. The van der Waals surface area contributed by atoms with Crippen LogP contribution in [0, 0.1) is 5.92 Å². The van der Waals surface area contributed by atoms with Crippen LogP contribution >= 0.6 is 0 Å². The Kier molecular flexibility index (Phi) is 6.38. The zero-order valence-corrected chi connectivity index (χ0v) is 20.1.